The summed E-state index contributed by atoms with van der Waals surface area (Å²) < 4.78 is 0. The molecule has 0 aliphatic heterocycles. The molecule has 0 aromatic heterocycles. The summed E-state index contributed by atoms with van der Waals surface area (Å²) in [5, 5.41) is 3.59. The molecule has 1 N–H and O–H groups in total. The van der Waals surface area contributed by atoms with E-state index in [0.29, 0.717) is 6.04 Å². The van der Waals surface area contributed by atoms with Gasteiger partial charge in [-0.15, -0.1) is 0 Å². The van der Waals surface area contributed by atoms with Crippen LogP contribution in [0.4, 0.5) is 0 Å². The Balaban J connectivity index is 2.02. The minimum absolute atomic E-state index is 0.706. The van der Waals surface area contributed by atoms with Crippen molar-refractivity contribution in [2.75, 3.05) is 6.54 Å². The Morgan fingerprint density at radius 2 is 1.86 bits per heavy atom. The van der Waals surface area contributed by atoms with Crippen LogP contribution < -0.4 is 5.32 Å². The maximum Gasteiger partial charge on any atom is 0.00361 e. The minimum Gasteiger partial charge on any atom is -0.314 e. The molecule has 0 aromatic carbocycles. The van der Waals surface area contributed by atoms with Gasteiger partial charge in [-0.2, -0.15) is 0 Å². The van der Waals surface area contributed by atoms with Crippen LogP contribution in [0, 0.1) is 11.8 Å². The van der Waals surface area contributed by atoms with Crippen molar-refractivity contribution in [2.45, 2.75) is 65.3 Å². The Hall–Kier alpha value is -0.0400. The van der Waals surface area contributed by atoms with Crippen molar-refractivity contribution in [3.63, 3.8) is 0 Å². The standard InChI is InChI=1S/C13H27N/c1-4-12(3)14-10-9-13-7-5-11(2)6-8-13/h11-14H,4-10H2,1-3H3. The second-order valence-electron chi connectivity index (χ2n) is 5.18. The van der Waals surface area contributed by atoms with Crippen molar-refractivity contribution in [3.8, 4) is 0 Å². The van der Waals surface area contributed by atoms with Gasteiger partial charge in [0.2, 0.25) is 0 Å². The zero-order chi connectivity index (χ0) is 10.4. The summed E-state index contributed by atoms with van der Waals surface area (Å²) in [5.74, 6) is 2.01. The van der Waals surface area contributed by atoms with Crippen LogP contribution in [0.3, 0.4) is 0 Å². The highest BCUT2D eigenvalue weighted by atomic mass is 14.9. The molecule has 0 heterocycles. The molecule has 0 bridgehead atoms. The van der Waals surface area contributed by atoms with Crippen LogP contribution >= 0.6 is 0 Å². The van der Waals surface area contributed by atoms with E-state index in [-0.39, 0.29) is 0 Å². The van der Waals surface area contributed by atoms with Crippen LogP contribution in [-0.2, 0) is 0 Å². The van der Waals surface area contributed by atoms with E-state index in [9.17, 15) is 0 Å². The van der Waals surface area contributed by atoms with E-state index >= 15 is 0 Å². The van der Waals surface area contributed by atoms with Crippen molar-refractivity contribution in [1.29, 1.82) is 0 Å². The van der Waals surface area contributed by atoms with Gasteiger partial charge in [0.15, 0.2) is 0 Å². The molecule has 0 aromatic rings. The molecule has 1 atom stereocenters. The molecule has 1 heteroatoms. The van der Waals surface area contributed by atoms with Gasteiger partial charge in [-0.1, -0.05) is 39.5 Å². The Morgan fingerprint density at radius 3 is 2.43 bits per heavy atom. The lowest BCUT2D eigenvalue weighted by molar-refractivity contribution is 0.273. The fourth-order valence-corrected chi connectivity index (χ4v) is 2.30. The van der Waals surface area contributed by atoms with E-state index in [2.05, 4.69) is 26.1 Å². The second-order valence-corrected chi connectivity index (χ2v) is 5.18. The van der Waals surface area contributed by atoms with Gasteiger partial charge in [0, 0.05) is 6.04 Å². The summed E-state index contributed by atoms with van der Waals surface area (Å²) >= 11 is 0. The van der Waals surface area contributed by atoms with E-state index in [4.69, 9.17) is 0 Å². The maximum absolute atomic E-state index is 3.59. The van der Waals surface area contributed by atoms with Gasteiger partial charge in [-0.05, 0) is 38.1 Å². The summed E-state index contributed by atoms with van der Waals surface area (Å²) in [6.45, 7) is 8.16. The molecule has 1 saturated carbocycles. The molecule has 1 fully saturated rings. The molecular weight excluding hydrogens is 170 g/mol. The third kappa shape index (κ3) is 4.45. The highest BCUT2D eigenvalue weighted by molar-refractivity contribution is 4.71. The Labute approximate surface area is 89.7 Å². The summed E-state index contributed by atoms with van der Waals surface area (Å²) in [7, 11) is 0. The van der Waals surface area contributed by atoms with E-state index < -0.39 is 0 Å². The molecule has 1 nitrogen and oxygen atoms in total. The Morgan fingerprint density at radius 1 is 1.21 bits per heavy atom. The predicted molar refractivity (Wildman–Crippen MR) is 63.5 cm³/mol. The number of rotatable bonds is 5. The van der Waals surface area contributed by atoms with Crippen LogP contribution in [0.5, 0.6) is 0 Å². The molecule has 1 unspecified atom stereocenters. The van der Waals surface area contributed by atoms with Crippen molar-refractivity contribution in [1.82, 2.24) is 5.32 Å². The van der Waals surface area contributed by atoms with Gasteiger partial charge in [-0.25, -0.2) is 0 Å². The monoisotopic (exact) mass is 197 g/mol. The van der Waals surface area contributed by atoms with Crippen LogP contribution in [0.25, 0.3) is 0 Å². The molecule has 1 aliphatic carbocycles. The fourth-order valence-electron chi connectivity index (χ4n) is 2.30. The third-order valence-electron chi connectivity index (χ3n) is 3.79. The van der Waals surface area contributed by atoms with Crippen molar-refractivity contribution >= 4 is 0 Å². The van der Waals surface area contributed by atoms with Crippen molar-refractivity contribution in [2.24, 2.45) is 11.8 Å². The van der Waals surface area contributed by atoms with Gasteiger partial charge >= 0.3 is 0 Å². The van der Waals surface area contributed by atoms with Gasteiger partial charge in [0.25, 0.3) is 0 Å². The van der Waals surface area contributed by atoms with E-state index in [1.807, 2.05) is 0 Å². The van der Waals surface area contributed by atoms with Crippen molar-refractivity contribution in [3.05, 3.63) is 0 Å². The van der Waals surface area contributed by atoms with Gasteiger partial charge in [0.1, 0.15) is 0 Å². The molecule has 0 radical (unpaired) electrons. The largest absolute Gasteiger partial charge is 0.314 e. The minimum atomic E-state index is 0.706. The first kappa shape index (κ1) is 12.0. The molecule has 0 amide bonds. The van der Waals surface area contributed by atoms with E-state index in [0.717, 1.165) is 11.8 Å². The average Bonchev–Trinajstić information content (AvgIpc) is 2.21. The zero-order valence-electron chi connectivity index (χ0n) is 10.2. The van der Waals surface area contributed by atoms with Crippen LogP contribution in [0.1, 0.15) is 59.3 Å². The third-order valence-corrected chi connectivity index (χ3v) is 3.79. The maximum atomic E-state index is 3.59. The normalized spacial score (nSPS) is 30.2. The average molecular weight is 197 g/mol. The summed E-state index contributed by atoms with van der Waals surface area (Å²) in [4.78, 5) is 0. The fraction of sp³-hybridized carbons (Fsp3) is 1.00. The number of hydrogen-bond donors (Lipinski definition) is 1. The molecule has 0 spiro atoms. The quantitative estimate of drug-likeness (QED) is 0.710. The summed E-state index contributed by atoms with van der Waals surface area (Å²) in [6, 6.07) is 0.706. The zero-order valence-corrected chi connectivity index (χ0v) is 10.2. The summed E-state index contributed by atoms with van der Waals surface area (Å²) in [5.41, 5.74) is 0. The van der Waals surface area contributed by atoms with E-state index in [1.54, 1.807) is 0 Å². The lowest BCUT2D eigenvalue weighted by Crippen LogP contribution is -2.28. The van der Waals surface area contributed by atoms with Crippen LogP contribution in [0.2, 0.25) is 0 Å². The van der Waals surface area contributed by atoms with Gasteiger partial charge in [0.05, 0.1) is 0 Å². The van der Waals surface area contributed by atoms with Gasteiger partial charge < -0.3 is 5.32 Å². The van der Waals surface area contributed by atoms with Crippen LogP contribution in [-0.4, -0.2) is 12.6 Å². The highest BCUT2D eigenvalue weighted by Crippen LogP contribution is 2.29. The molecule has 1 aliphatic rings. The topological polar surface area (TPSA) is 12.0 Å². The molecule has 84 valence electrons. The molecule has 14 heavy (non-hydrogen) atoms. The smallest absolute Gasteiger partial charge is 0.00361 e. The van der Waals surface area contributed by atoms with Gasteiger partial charge in [-0.3, -0.25) is 0 Å². The second kappa shape index (κ2) is 6.44. The SMILES string of the molecule is CCC(C)NCCC1CCC(C)CC1. The first-order chi connectivity index (χ1) is 6.72. The molecule has 1 rings (SSSR count). The number of hydrogen-bond acceptors (Lipinski definition) is 1. The Bertz CT molecular complexity index is 136. The summed E-state index contributed by atoms with van der Waals surface area (Å²) in [6.07, 6.45) is 8.54. The van der Waals surface area contributed by atoms with E-state index in [1.165, 1.54) is 45.1 Å². The molecule has 0 saturated heterocycles. The first-order valence-corrected chi connectivity index (χ1v) is 6.45. The first-order valence-electron chi connectivity index (χ1n) is 6.45. The molecular formula is C13H27N. The highest BCUT2D eigenvalue weighted by Gasteiger charge is 2.17. The van der Waals surface area contributed by atoms with Crippen molar-refractivity contribution < 1.29 is 0 Å². The lowest BCUT2D eigenvalue weighted by atomic mass is 9.81. The van der Waals surface area contributed by atoms with Crippen LogP contribution in [0.15, 0.2) is 0 Å². The predicted octanol–water partition coefficient (Wildman–Crippen LogP) is 3.59. The lowest BCUT2D eigenvalue weighted by Gasteiger charge is -2.26. The number of nitrogens with one attached hydrogen (secondary N) is 1. The Kier molecular flexibility index (Phi) is 5.54.